The number of carbonyl (C=O) groups excluding carboxylic acids is 2. The van der Waals surface area contributed by atoms with E-state index in [0.29, 0.717) is 6.42 Å². The number of benzene rings is 2. The van der Waals surface area contributed by atoms with Crippen molar-refractivity contribution in [3.8, 4) is 0 Å². The monoisotopic (exact) mass is 332 g/mol. The molecule has 2 aromatic carbocycles. The minimum atomic E-state index is -0.882. The first-order chi connectivity index (χ1) is 12.2. The first kappa shape index (κ1) is 15.6. The molecule has 1 saturated heterocycles. The first-order valence-electron chi connectivity index (χ1n) is 8.65. The minimum absolute atomic E-state index is 0.137. The van der Waals surface area contributed by atoms with Crippen LogP contribution in [-0.4, -0.2) is 23.4 Å². The molecule has 4 rings (SSSR count). The van der Waals surface area contributed by atoms with E-state index in [9.17, 15) is 9.59 Å². The Morgan fingerprint density at radius 3 is 2.64 bits per heavy atom. The van der Waals surface area contributed by atoms with E-state index in [0.717, 1.165) is 29.5 Å². The Labute approximate surface area is 147 Å². The molecule has 4 heteroatoms. The van der Waals surface area contributed by atoms with E-state index >= 15 is 0 Å². The molecule has 126 valence electrons. The van der Waals surface area contributed by atoms with Crippen molar-refractivity contribution < 1.29 is 9.59 Å². The standard InChI is InChI=1S/C21H20N2O2/c24-19-21(14-6-12-17-11-4-5-13-18(17)21)22-20(25)23(19)15-7-10-16-8-2-1-3-9-16/h1-5,7-11,13H,6,12,14-15H2,(H,22,25)/b10-7+/t21-/m1/s1. The van der Waals surface area contributed by atoms with Gasteiger partial charge in [0.1, 0.15) is 5.54 Å². The van der Waals surface area contributed by atoms with Gasteiger partial charge in [-0.2, -0.15) is 0 Å². The van der Waals surface area contributed by atoms with Gasteiger partial charge < -0.3 is 5.32 Å². The van der Waals surface area contributed by atoms with E-state index in [-0.39, 0.29) is 18.5 Å². The number of amides is 3. The Morgan fingerprint density at radius 1 is 1.04 bits per heavy atom. The quantitative estimate of drug-likeness (QED) is 0.875. The van der Waals surface area contributed by atoms with Crippen molar-refractivity contribution in [3.05, 3.63) is 77.4 Å². The average Bonchev–Trinajstić information content (AvgIpc) is 2.88. The molecule has 0 unspecified atom stereocenters. The zero-order valence-electron chi connectivity index (χ0n) is 13.9. The lowest BCUT2D eigenvalue weighted by Gasteiger charge is -2.33. The summed E-state index contributed by atoms with van der Waals surface area (Å²) in [6.07, 6.45) is 6.31. The zero-order chi connectivity index (χ0) is 17.3. The predicted molar refractivity (Wildman–Crippen MR) is 96.8 cm³/mol. The van der Waals surface area contributed by atoms with E-state index in [1.54, 1.807) is 0 Å². The number of rotatable bonds is 3. The number of fused-ring (bicyclic) bond motifs is 2. The smallest absolute Gasteiger partial charge is 0.319 e. The van der Waals surface area contributed by atoms with Gasteiger partial charge in [0.05, 0.1) is 0 Å². The molecular weight excluding hydrogens is 312 g/mol. The second kappa shape index (κ2) is 6.20. The van der Waals surface area contributed by atoms with Crippen molar-refractivity contribution in [2.75, 3.05) is 6.54 Å². The summed E-state index contributed by atoms with van der Waals surface area (Å²) in [4.78, 5) is 26.9. The van der Waals surface area contributed by atoms with Crippen LogP contribution in [-0.2, 0) is 16.8 Å². The predicted octanol–water partition coefficient (Wildman–Crippen LogP) is 3.48. The third-order valence-electron chi connectivity index (χ3n) is 5.05. The molecule has 1 spiro atoms. The average molecular weight is 332 g/mol. The lowest BCUT2D eigenvalue weighted by atomic mass is 9.76. The minimum Gasteiger partial charge on any atom is -0.319 e. The van der Waals surface area contributed by atoms with Gasteiger partial charge in [0.25, 0.3) is 5.91 Å². The highest BCUT2D eigenvalue weighted by Crippen LogP contribution is 2.39. The SMILES string of the molecule is O=C1N[C@@]2(CCCc3ccccc32)C(=O)N1C/C=C/c1ccccc1. The van der Waals surface area contributed by atoms with Crippen LogP contribution >= 0.6 is 0 Å². The molecule has 0 bridgehead atoms. The van der Waals surface area contributed by atoms with Gasteiger partial charge in [-0.15, -0.1) is 0 Å². The number of nitrogens with zero attached hydrogens (tertiary/aromatic N) is 1. The van der Waals surface area contributed by atoms with Crippen LogP contribution in [0.2, 0.25) is 0 Å². The van der Waals surface area contributed by atoms with Gasteiger partial charge in [0.2, 0.25) is 0 Å². The normalized spacial score (nSPS) is 22.5. The molecule has 0 radical (unpaired) electrons. The van der Waals surface area contributed by atoms with Crippen LogP contribution < -0.4 is 5.32 Å². The lowest BCUT2D eigenvalue weighted by Crippen LogP contribution is -2.46. The molecule has 1 aliphatic carbocycles. The van der Waals surface area contributed by atoms with Crippen LogP contribution in [0.1, 0.15) is 29.5 Å². The number of carbonyl (C=O) groups is 2. The highest BCUT2D eigenvalue weighted by atomic mass is 16.2. The lowest BCUT2D eigenvalue weighted by molar-refractivity contribution is -0.131. The van der Waals surface area contributed by atoms with Crippen molar-refractivity contribution in [2.24, 2.45) is 0 Å². The summed E-state index contributed by atoms with van der Waals surface area (Å²) >= 11 is 0. The number of urea groups is 1. The summed E-state index contributed by atoms with van der Waals surface area (Å²) in [7, 11) is 0. The fourth-order valence-electron chi connectivity index (χ4n) is 3.84. The summed E-state index contributed by atoms with van der Waals surface area (Å²) in [5.74, 6) is -0.137. The van der Waals surface area contributed by atoms with Gasteiger partial charge in [0, 0.05) is 6.54 Å². The number of hydrogen-bond donors (Lipinski definition) is 1. The molecule has 1 atom stereocenters. The van der Waals surface area contributed by atoms with Crippen molar-refractivity contribution in [1.82, 2.24) is 10.2 Å². The third kappa shape index (κ3) is 2.64. The molecule has 2 aliphatic rings. The highest BCUT2D eigenvalue weighted by Gasteiger charge is 2.53. The Morgan fingerprint density at radius 2 is 1.80 bits per heavy atom. The topological polar surface area (TPSA) is 49.4 Å². The number of imide groups is 1. The van der Waals surface area contributed by atoms with Gasteiger partial charge in [-0.25, -0.2) is 4.79 Å². The van der Waals surface area contributed by atoms with E-state index in [2.05, 4.69) is 5.32 Å². The van der Waals surface area contributed by atoms with Crippen molar-refractivity contribution in [2.45, 2.75) is 24.8 Å². The molecule has 1 fully saturated rings. The first-order valence-corrected chi connectivity index (χ1v) is 8.65. The zero-order valence-corrected chi connectivity index (χ0v) is 13.9. The molecule has 0 saturated carbocycles. The van der Waals surface area contributed by atoms with Crippen LogP contribution in [0.15, 0.2) is 60.7 Å². The molecule has 1 aliphatic heterocycles. The maximum Gasteiger partial charge on any atom is 0.325 e. The maximum absolute atomic E-state index is 13.1. The maximum atomic E-state index is 13.1. The van der Waals surface area contributed by atoms with E-state index in [1.807, 2.05) is 66.7 Å². The third-order valence-corrected chi connectivity index (χ3v) is 5.05. The van der Waals surface area contributed by atoms with Crippen molar-refractivity contribution in [3.63, 3.8) is 0 Å². The van der Waals surface area contributed by atoms with Crippen molar-refractivity contribution in [1.29, 1.82) is 0 Å². The molecule has 1 heterocycles. The van der Waals surface area contributed by atoms with E-state index in [4.69, 9.17) is 0 Å². The Bertz CT molecular complexity index is 844. The Kier molecular flexibility index (Phi) is 3.88. The summed E-state index contributed by atoms with van der Waals surface area (Å²) in [5.41, 5.74) is 2.28. The number of aryl methyl sites for hydroxylation is 1. The number of hydrogen-bond acceptors (Lipinski definition) is 2. The molecule has 2 aromatic rings. The van der Waals surface area contributed by atoms with Gasteiger partial charge in [-0.1, -0.05) is 66.7 Å². The van der Waals surface area contributed by atoms with Crippen LogP contribution in [0, 0.1) is 0 Å². The summed E-state index contributed by atoms with van der Waals surface area (Å²) in [6.45, 7) is 0.281. The molecule has 4 nitrogen and oxygen atoms in total. The molecule has 0 aromatic heterocycles. The van der Waals surface area contributed by atoms with Crippen LogP contribution in [0.25, 0.3) is 6.08 Å². The second-order valence-corrected chi connectivity index (χ2v) is 6.57. The molecule has 25 heavy (non-hydrogen) atoms. The van der Waals surface area contributed by atoms with Gasteiger partial charge in [-0.05, 0) is 36.0 Å². The molecule has 1 N–H and O–H groups in total. The van der Waals surface area contributed by atoms with Crippen LogP contribution in [0.3, 0.4) is 0 Å². The highest BCUT2D eigenvalue weighted by molar-refractivity contribution is 6.08. The van der Waals surface area contributed by atoms with Crippen LogP contribution in [0.5, 0.6) is 0 Å². The molecule has 3 amide bonds. The van der Waals surface area contributed by atoms with Crippen LogP contribution in [0.4, 0.5) is 4.79 Å². The van der Waals surface area contributed by atoms with E-state index in [1.165, 1.54) is 4.90 Å². The molecular formula is C21H20N2O2. The largest absolute Gasteiger partial charge is 0.325 e. The van der Waals surface area contributed by atoms with E-state index < -0.39 is 5.54 Å². The summed E-state index contributed by atoms with van der Waals surface area (Å²) in [6, 6.07) is 17.5. The second-order valence-electron chi connectivity index (χ2n) is 6.57. The fourth-order valence-corrected chi connectivity index (χ4v) is 3.84. The van der Waals surface area contributed by atoms with Gasteiger partial charge in [0.15, 0.2) is 0 Å². The summed E-state index contributed by atoms with van der Waals surface area (Å²) < 4.78 is 0. The van der Waals surface area contributed by atoms with Gasteiger partial charge >= 0.3 is 6.03 Å². The number of nitrogens with one attached hydrogen (secondary N) is 1. The van der Waals surface area contributed by atoms with Crippen molar-refractivity contribution >= 4 is 18.0 Å². The fraction of sp³-hybridized carbons (Fsp3) is 0.238. The van der Waals surface area contributed by atoms with Gasteiger partial charge in [-0.3, -0.25) is 9.69 Å². The summed E-state index contributed by atoms with van der Waals surface area (Å²) in [5, 5.41) is 2.98. The Balaban J connectivity index is 1.58. The Hall–Kier alpha value is -2.88.